The fourth-order valence-electron chi connectivity index (χ4n) is 3.38. The Kier molecular flexibility index (Phi) is 6.56. The molecule has 0 aromatic heterocycles. The van der Waals surface area contributed by atoms with E-state index in [1.54, 1.807) is 0 Å². The fourth-order valence-corrected chi connectivity index (χ4v) is 3.38. The number of fused-ring (bicyclic) bond motifs is 1. The summed E-state index contributed by atoms with van der Waals surface area (Å²) >= 11 is 0. The molecule has 2 saturated heterocycles. The van der Waals surface area contributed by atoms with E-state index in [-0.39, 0.29) is 5.78 Å². The number of piperidine rings is 1. The highest BCUT2D eigenvalue weighted by Crippen LogP contribution is 2.20. The van der Waals surface area contributed by atoms with E-state index in [9.17, 15) is 4.79 Å². The molecule has 2 heterocycles. The van der Waals surface area contributed by atoms with Crippen LogP contribution in [-0.4, -0.2) is 37.4 Å². The molecule has 0 amide bonds. The zero-order valence-electron chi connectivity index (χ0n) is 15.5. The van der Waals surface area contributed by atoms with Crippen LogP contribution in [0.4, 0.5) is 0 Å². The molecule has 4 nitrogen and oxygen atoms in total. The van der Waals surface area contributed by atoms with Gasteiger partial charge in [-0.05, 0) is 25.3 Å². The Morgan fingerprint density at radius 3 is 2.50 bits per heavy atom. The molecule has 4 heteroatoms. The van der Waals surface area contributed by atoms with Crippen LogP contribution in [0.3, 0.4) is 0 Å². The van der Waals surface area contributed by atoms with Gasteiger partial charge in [-0.2, -0.15) is 0 Å². The van der Waals surface area contributed by atoms with E-state index in [0.717, 1.165) is 36.1 Å². The average molecular weight is 353 g/mol. The lowest BCUT2D eigenvalue weighted by Gasteiger charge is -2.28. The highest BCUT2D eigenvalue weighted by Gasteiger charge is 2.33. The van der Waals surface area contributed by atoms with Crippen molar-refractivity contribution < 1.29 is 14.3 Å². The second-order valence-electron chi connectivity index (χ2n) is 6.78. The van der Waals surface area contributed by atoms with Gasteiger partial charge in [-0.3, -0.25) is 4.79 Å². The second kappa shape index (κ2) is 9.08. The number of benzene rings is 2. The van der Waals surface area contributed by atoms with Crippen molar-refractivity contribution in [2.75, 3.05) is 13.3 Å². The Labute approximate surface area is 155 Å². The van der Waals surface area contributed by atoms with Crippen LogP contribution in [0.25, 0.3) is 0 Å². The van der Waals surface area contributed by atoms with Crippen molar-refractivity contribution in [1.82, 2.24) is 5.32 Å². The van der Waals surface area contributed by atoms with Crippen molar-refractivity contribution in [2.24, 2.45) is 0 Å². The zero-order valence-corrected chi connectivity index (χ0v) is 15.5. The van der Waals surface area contributed by atoms with Crippen molar-refractivity contribution in [2.45, 2.75) is 44.9 Å². The molecule has 0 bridgehead atoms. The van der Waals surface area contributed by atoms with E-state index in [2.05, 4.69) is 19.2 Å². The molecular formula is C22H27NO3. The first-order valence-electron chi connectivity index (χ1n) is 9.33. The maximum Gasteiger partial charge on any atom is 0.193 e. The molecule has 138 valence electrons. The van der Waals surface area contributed by atoms with E-state index in [1.807, 2.05) is 54.6 Å². The van der Waals surface area contributed by atoms with Crippen molar-refractivity contribution in [1.29, 1.82) is 0 Å². The first-order valence-corrected chi connectivity index (χ1v) is 9.33. The van der Waals surface area contributed by atoms with E-state index in [1.165, 1.54) is 0 Å². The Morgan fingerprint density at radius 1 is 1.04 bits per heavy atom. The summed E-state index contributed by atoms with van der Waals surface area (Å²) in [6.07, 6.45) is 2.65. The third kappa shape index (κ3) is 4.58. The van der Waals surface area contributed by atoms with Gasteiger partial charge in [0.2, 0.25) is 0 Å². The van der Waals surface area contributed by atoms with Gasteiger partial charge in [-0.15, -0.1) is 0 Å². The van der Waals surface area contributed by atoms with Crippen LogP contribution in [0.5, 0.6) is 0 Å². The van der Waals surface area contributed by atoms with Crippen LogP contribution in [0.15, 0.2) is 54.6 Å². The molecule has 2 aromatic carbocycles. The van der Waals surface area contributed by atoms with Crippen molar-refractivity contribution in [3.05, 3.63) is 71.3 Å². The standard InChI is InChI=1S/C15H14O.C7H13NO2/c1-2-12-8-6-7-11-14(12)15(16)13-9-4-3-5-10-13;1-5-2-6-7(3-8-5)10-4-9-6/h3-11H,2H2,1H3;5-8H,2-4H2,1H3. The van der Waals surface area contributed by atoms with E-state index >= 15 is 0 Å². The summed E-state index contributed by atoms with van der Waals surface area (Å²) in [6, 6.07) is 17.8. The van der Waals surface area contributed by atoms with Crippen LogP contribution < -0.4 is 5.32 Å². The van der Waals surface area contributed by atoms with Gasteiger partial charge in [-0.25, -0.2) is 0 Å². The molecular weight excluding hydrogens is 326 g/mol. The highest BCUT2D eigenvalue weighted by molar-refractivity contribution is 6.09. The minimum absolute atomic E-state index is 0.109. The summed E-state index contributed by atoms with van der Waals surface area (Å²) in [5, 5.41) is 3.35. The smallest absolute Gasteiger partial charge is 0.193 e. The second-order valence-corrected chi connectivity index (χ2v) is 6.78. The van der Waals surface area contributed by atoms with Gasteiger partial charge in [0.25, 0.3) is 0 Å². The quantitative estimate of drug-likeness (QED) is 0.857. The zero-order chi connectivity index (χ0) is 18.4. The maximum absolute atomic E-state index is 12.2. The predicted octanol–water partition coefficient (Wildman–Crippen LogP) is 3.59. The van der Waals surface area contributed by atoms with Gasteiger partial charge < -0.3 is 14.8 Å². The topological polar surface area (TPSA) is 47.6 Å². The number of hydrogen-bond donors (Lipinski definition) is 1. The molecule has 2 aliphatic rings. The lowest BCUT2D eigenvalue weighted by Crippen LogP contribution is -2.46. The van der Waals surface area contributed by atoms with Gasteiger partial charge in [0.05, 0.1) is 12.2 Å². The number of ether oxygens (including phenoxy) is 2. The number of carbonyl (C=O) groups excluding carboxylic acids is 1. The summed E-state index contributed by atoms with van der Waals surface area (Å²) in [4.78, 5) is 12.2. The van der Waals surface area contributed by atoms with Crippen LogP contribution in [-0.2, 0) is 15.9 Å². The summed E-state index contributed by atoms with van der Waals surface area (Å²) in [7, 11) is 0. The highest BCUT2D eigenvalue weighted by atomic mass is 16.7. The number of ketones is 1. The van der Waals surface area contributed by atoms with Crippen molar-refractivity contribution >= 4 is 5.78 Å². The van der Waals surface area contributed by atoms with Gasteiger partial charge in [-0.1, -0.05) is 61.5 Å². The normalized spacial score (nSPS) is 24.3. The maximum atomic E-state index is 12.2. The summed E-state index contributed by atoms with van der Waals surface area (Å²) < 4.78 is 10.7. The number of carbonyl (C=O) groups is 1. The monoisotopic (exact) mass is 353 g/mol. The molecule has 0 saturated carbocycles. The third-order valence-corrected chi connectivity index (χ3v) is 4.91. The molecule has 2 aliphatic heterocycles. The average Bonchev–Trinajstić information content (AvgIpc) is 3.16. The Balaban J connectivity index is 0.000000167. The van der Waals surface area contributed by atoms with Crippen LogP contribution in [0.1, 0.15) is 41.8 Å². The van der Waals surface area contributed by atoms with Crippen LogP contribution in [0.2, 0.25) is 0 Å². The number of nitrogens with one attached hydrogen (secondary N) is 1. The Bertz CT molecular complexity index is 716. The van der Waals surface area contributed by atoms with Gasteiger partial charge in [0.1, 0.15) is 6.79 Å². The molecule has 26 heavy (non-hydrogen) atoms. The van der Waals surface area contributed by atoms with Crippen LogP contribution in [0, 0.1) is 0 Å². The lowest BCUT2D eigenvalue weighted by molar-refractivity contribution is 0.0406. The molecule has 0 radical (unpaired) electrons. The third-order valence-electron chi connectivity index (χ3n) is 4.91. The van der Waals surface area contributed by atoms with Crippen LogP contribution >= 0.6 is 0 Å². The first kappa shape index (κ1) is 18.8. The molecule has 0 aliphatic carbocycles. The Hall–Kier alpha value is -2.01. The molecule has 2 fully saturated rings. The van der Waals surface area contributed by atoms with Gasteiger partial charge in [0.15, 0.2) is 5.78 Å². The number of aryl methyl sites for hydroxylation is 1. The van der Waals surface area contributed by atoms with E-state index in [4.69, 9.17) is 9.47 Å². The minimum atomic E-state index is 0.109. The number of hydrogen-bond acceptors (Lipinski definition) is 4. The van der Waals surface area contributed by atoms with Gasteiger partial charge >= 0.3 is 0 Å². The molecule has 1 N–H and O–H groups in total. The van der Waals surface area contributed by atoms with Gasteiger partial charge in [0, 0.05) is 23.7 Å². The van der Waals surface area contributed by atoms with Crippen molar-refractivity contribution in [3.63, 3.8) is 0 Å². The molecule has 4 rings (SSSR count). The molecule has 3 unspecified atom stereocenters. The predicted molar refractivity (Wildman–Crippen MR) is 102 cm³/mol. The van der Waals surface area contributed by atoms with E-state index < -0.39 is 0 Å². The minimum Gasteiger partial charge on any atom is -0.349 e. The summed E-state index contributed by atoms with van der Waals surface area (Å²) in [5.74, 6) is 0.109. The van der Waals surface area contributed by atoms with Crippen molar-refractivity contribution in [3.8, 4) is 0 Å². The summed E-state index contributed by atoms with van der Waals surface area (Å²) in [6.45, 7) is 5.69. The molecule has 0 spiro atoms. The first-order chi connectivity index (χ1) is 12.7. The molecule has 3 atom stereocenters. The largest absolute Gasteiger partial charge is 0.349 e. The summed E-state index contributed by atoms with van der Waals surface area (Å²) in [5.41, 5.74) is 2.68. The molecule has 2 aromatic rings. The lowest BCUT2D eigenvalue weighted by atomic mass is 9.97. The Morgan fingerprint density at radius 2 is 1.73 bits per heavy atom. The van der Waals surface area contributed by atoms with E-state index in [0.29, 0.717) is 25.0 Å². The number of rotatable bonds is 3. The fraction of sp³-hybridized carbons (Fsp3) is 0.409. The SMILES string of the molecule is CC1CC2OCOC2CN1.CCc1ccccc1C(=O)c1ccccc1.